The summed E-state index contributed by atoms with van der Waals surface area (Å²) in [6.45, 7) is 0. The number of allylic oxidation sites excluding steroid dienone is 2. The average molecular weight is 555 g/mol. The number of halogens is 2. The zero-order valence-electron chi connectivity index (χ0n) is 20.6. The number of nitrogens with zero attached hydrogens (tertiary/aromatic N) is 2. The van der Waals surface area contributed by atoms with Gasteiger partial charge in [-0.2, -0.15) is 0 Å². The van der Waals surface area contributed by atoms with Crippen molar-refractivity contribution in [3.63, 3.8) is 0 Å². The molecule has 2 saturated heterocycles. The van der Waals surface area contributed by atoms with Crippen molar-refractivity contribution in [1.29, 1.82) is 0 Å². The van der Waals surface area contributed by atoms with Crippen LogP contribution in [0.4, 0.5) is 5.69 Å². The third kappa shape index (κ3) is 2.93. The Morgan fingerprint density at radius 2 is 1.66 bits per heavy atom. The standard InChI is InChI=1S/C28H24Cl2N2O6/c1-31-25(36)27(29)13-17-15(22(28(27,30)26(31)37)21-18(33)9-6-10-19(21)38-2)11-12-16-20(17)24(35)32(23(16)34)14-7-4-3-5-8-14/h3-11,16-17,20,22,33H,12-13H2,1-2H3. The molecule has 2 aliphatic carbocycles. The third-order valence-corrected chi connectivity index (χ3v) is 9.99. The van der Waals surface area contributed by atoms with Gasteiger partial charge in [0, 0.05) is 18.5 Å². The first-order valence-electron chi connectivity index (χ1n) is 12.3. The summed E-state index contributed by atoms with van der Waals surface area (Å²) in [5.74, 6) is -5.27. The van der Waals surface area contributed by atoms with Crippen molar-refractivity contribution >= 4 is 52.5 Å². The summed E-state index contributed by atoms with van der Waals surface area (Å²) >= 11 is 14.3. The van der Waals surface area contributed by atoms with Gasteiger partial charge in [-0.05, 0) is 43.0 Å². The van der Waals surface area contributed by atoms with Crippen LogP contribution in [0, 0.1) is 17.8 Å². The van der Waals surface area contributed by atoms with Crippen molar-refractivity contribution in [3.05, 3.63) is 65.7 Å². The quantitative estimate of drug-likeness (QED) is 0.353. The number of ether oxygens (including phenoxy) is 1. The number of carbonyl (C=O) groups excluding carboxylic acids is 4. The van der Waals surface area contributed by atoms with E-state index in [1.165, 1.54) is 25.1 Å². The van der Waals surface area contributed by atoms with Crippen molar-refractivity contribution in [2.75, 3.05) is 19.1 Å². The zero-order chi connectivity index (χ0) is 27.1. The molecule has 4 aliphatic rings. The molecule has 196 valence electrons. The summed E-state index contributed by atoms with van der Waals surface area (Å²) in [5, 5.41) is 11.0. The topological polar surface area (TPSA) is 104 Å². The molecule has 1 N–H and O–H groups in total. The van der Waals surface area contributed by atoms with E-state index >= 15 is 0 Å². The Hall–Kier alpha value is -3.36. The molecule has 38 heavy (non-hydrogen) atoms. The highest BCUT2D eigenvalue weighted by Gasteiger charge is 2.76. The molecular formula is C28H24Cl2N2O6. The van der Waals surface area contributed by atoms with Crippen molar-refractivity contribution in [1.82, 2.24) is 4.90 Å². The van der Waals surface area contributed by atoms with Crippen LogP contribution in [0.15, 0.2) is 60.2 Å². The number of para-hydroxylation sites is 1. The minimum absolute atomic E-state index is 0.117. The number of hydrogen-bond donors (Lipinski definition) is 1. The number of phenols is 1. The summed E-state index contributed by atoms with van der Waals surface area (Å²) in [4.78, 5) is 52.7. The predicted octanol–water partition coefficient (Wildman–Crippen LogP) is 3.59. The van der Waals surface area contributed by atoms with Crippen LogP contribution < -0.4 is 9.64 Å². The molecule has 6 atom stereocenters. The Morgan fingerprint density at radius 1 is 0.947 bits per heavy atom. The maximum atomic E-state index is 13.9. The molecule has 0 spiro atoms. The van der Waals surface area contributed by atoms with Crippen LogP contribution in [0.5, 0.6) is 11.5 Å². The first-order valence-corrected chi connectivity index (χ1v) is 13.0. The SMILES string of the molecule is COc1cccc(O)c1C1C2=CCC3C(=O)N(c4ccccc4)C(=O)C3C2CC2(Cl)C(=O)N(C)C(=O)C12Cl. The van der Waals surface area contributed by atoms with Gasteiger partial charge in [-0.1, -0.05) is 35.9 Å². The molecule has 6 rings (SSSR count). The van der Waals surface area contributed by atoms with Gasteiger partial charge in [-0.3, -0.25) is 29.0 Å². The molecule has 0 aromatic heterocycles. The molecule has 4 amide bonds. The van der Waals surface area contributed by atoms with Gasteiger partial charge in [-0.25, -0.2) is 0 Å². The number of alkyl halides is 2. The second kappa shape index (κ2) is 8.32. The van der Waals surface area contributed by atoms with E-state index in [0.717, 1.165) is 4.90 Å². The van der Waals surface area contributed by atoms with E-state index in [1.807, 2.05) is 6.08 Å². The molecule has 3 fully saturated rings. The lowest BCUT2D eigenvalue weighted by atomic mass is 9.56. The van der Waals surface area contributed by atoms with E-state index in [9.17, 15) is 24.3 Å². The number of likely N-dealkylation sites (tertiary alicyclic amines) is 1. The summed E-state index contributed by atoms with van der Waals surface area (Å²) in [7, 11) is 2.74. The van der Waals surface area contributed by atoms with Gasteiger partial charge in [0.15, 0.2) is 9.75 Å². The van der Waals surface area contributed by atoms with Crippen molar-refractivity contribution in [2.24, 2.45) is 17.8 Å². The number of rotatable bonds is 3. The number of benzene rings is 2. The predicted molar refractivity (Wildman–Crippen MR) is 139 cm³/mol. The van der Waals surface area contributed by atoms with Crippen molar-refractivity contribution in [3.8, 4) is 11.5 Å². The fraction of sp³-hybridized carbons (Fsp3) is 0.357. The maximum absolute atomic E-state index is 13.9. The lowest BCUT2D eigenvalue weighted by molar-refractivity contribution is -0.138. The minimum atomic E-state index is -1.99. The van der Waals surface area contributed by atoms with E-state index in [1.54, 1.807) is 42.5 Å². The largest absolute Gasteiger partial charge is 0.508 e. The highest BCUT2D eigenvalue weighted by Crippen LogP contribution is 2.66. The van der Waals surface area contributed by atoms with Gasteiger partial charge >= 0.3 is 0 Å². The molecule has 2 heterocycles. The summed E-state index contributed by atoms with van der Waals surface area (Å²) < 4.78 is 5.55. The molecule has 6 unspecified atom stereocenters. The molecule has 2 aromatic carbocycles. The van der Waals surface area contributed by atoms with Gasteiger partial charge in [0.05, 0.1) is 24.6 Å². The molecule has 8 nitrogen and oxygen atoms in total. The van der Waals surface area contributed by atoms with Gasteiger partial charge < -0.3 is 9.84 Å². The van der Waals surface area contributed by atoms with Crippen LogP contribution in [-0.2, 0) is 19.2 Å². The lowest BCUT2D eigenvalue weighted by Gasteiger charge is -2.50. The number of hydrogen-bond acceptors (Lipinski definition) is 6. The molecule has 2 aromatic rings. The summed E-state index contributed by atoms with van der Waals surface area (Å²) in [6, 6.07) is 13.3. The van der Waals surface area contributed by atoms with E-state index < -0.39 is 51.1 Å². The highest BCUT2D eigenvalue weighted by molar-refractivity contribution is 6.53. The van der Waals surface area contributed by atoms with Crippen LogP contribution in [0.25, 0.3) is 0 Å². The fourth-order valence-corrected chi connectivity index (χ4v) is 7.90. The molecular weight excluding hydrogens is 531 g/mol. The summed E-state index contributed by atoms with van der Waals surface area (Å²) in [6.07, 6.45) is 1.93. The molecule has 0 bridgehead atoms. The summed E-state index contributed by atoms with van der Waals surface area (Å²) in [5.41, 5.74) is 1.26. The van der Waals surface area contributed by atoms with Crippen LogP contribution in [0.3, 0.4) is 0 Å². The Morgan fingerprint density at radius 3 is 2.34 bits per heavy atom. The highest BCUT2D eigenvalue weighted by atomic mass is 35.5. The van der Waals surface area contributed by atoms with E-state index in [2.05, 4.69) is 0 Å². The van der Waals surface area contributed by atoms with Crippen LogP contribution in [-0.4, -0.2) is 57.5 Å². The van der Waals surface area contributed by atoms with Crippen LogP contribution in [0.1, 0.15) is 24.3 Å². The Bertz CT molecular complexity index is 1440. The number of phenolic OH excluding ortho intramolecular Hbond substituents is 1. The average Bonchev–Trinajstić information content (AvgIpc) is 3.24. The number of imide groups is 2. The van der Waals surface area contributed by atoms with Crippen LogP contribution >= 0.6 is 23.2 Å². The normalized spacial score (nSPS) is 34.2. The number of aromatic hydroxyl groups is 1. The third-order valence-electron chi connectivity index (χ3n) is 8.58. The van der Waals surface area contributed by atoms with Gasteiger partial charge in [0.25, 0.3) is 11.8 Å². The second-order valence-corrected chi connectivity index (χ2v) is 11.5. The second-order valence-electron chi connectivity index (χ2n) is 10.2. The van der Waals surface area contributed by atoms with Gasteiger partial charge in [0.2, 0.25) is 11.8 Å². The Balaban J connectivity index is 1.56. The lowest BCUT2D eigenvalue weighted by Crippen LogP contribution is -2.60. The Labute approximate surface area is 228 Å². The van der Waals surface area contributed by atoms with Crippen molar-refractivity contribution in [2.45, 2.75) is 28.5 Å². The van der Waals surface area contributed by atoms with E-state index in [4.69, 9.17) is 27.9 Å². The number of fused-ring (bicyclic) bond motifs is 4. The first-order chi connectivity index (χ1) is 18.1. The fourth-order valence-electron chi connectivity index (χ4n) is 6.89. The molecule has 10 heteroatoms. The van der Waals surface area contributed by atoms with E-state index in [0.29, 0.717) is 11.3 Å². The molecule has 2 aliphatic heterocycles. The monoisotopic (exact) mass is 554 g/mol. The van der Waals surface area contributed by atoms with Gasteiger partial charge in [-0.15, -0.1) is 23.2 Å². The molecule has 1 saturated carbocycles. The van der Waals surface area contributed by atoms with Crippen LogP contribution in [0.2, 0.25) is 0 Å². The van der Waals surface area contributed by atoms with Gasteiger partial charge in [0.1, 0.15) is 11.5 Å². The smallest absolute Gasteiger partial charge is 0.253 e. The van der Waals surface area contributed by atoms with E-state index in [-0.39, 0.29) is 35.8 Å². The minimum Gasteiger partial charge on any atom is -0.508 e. The maximum Gasteiger partial charge on any atom is 0.253 e. The number of carbonyl (C=O) groups is 4. The zero-order valence-corrected chi connectivity index (χ0v) is 22.1. The number of amides is 4. The molecule has 0 radical (unpaired) electrons. The number of methoxy groups -OCH3 is 1. The first kappa shape index (κ1) is 24.9. The van der Waals surface area contributed by atoms with Crippen molar-refractivity contribution < 1.29 is 29.0 Å². The number of anilines is 1. The Kier molecular flexibility index (Phi) is 5.46.